The summed E-state index contributed by atoms with van der Waals surface area (Å²) in [6.45, 7) is 1.33. The van der Waals surface area contributed by atoms with Crippen LogP contribution in [-0.4, -0.2) is 12.7 Å². The molecular formula is C21H20F6N2O2. The minimum atomic E-state index is -4.73. The Morgan fingerprint density at radius 1 is 0.968 bits per heavy atom. The van der Waals surface area contributed by atoms with Crippen LogP contribution in [0.3, 0.4) is 0 Å². The molecule has 0 spiro atoms. The van der Waals surface area contributed by atoms with Gasteiger partial charge in [0.2, 0.25) is 0 Å². The van der Waals surface area contributed by atoms with Crippen LogP contribution in [0.1, 0.15) is 42.0 Å². The molecule has 2 N–H and O–H groups in total. The highest BCUT2D eigenvalue weighted by Gasteiger charge is 2.35. The first-order chi connectivity index (χ1) is 14.5. The van der Waals surface area contributed by atoms with Crippen LogP contribution in [0.4, 0.5) is 26.3 Å². The van der Waals surface area contributed by atoms with Crippen LogP contribution >= 0.6 is 0 Å². The number of hydrogen-bond donors (Lipinski definition) is 1. The Kier molecular flexibility index (Phi) is 7.79. The lowest BCUT2D eigenvalue weighted by Gasteiger charge is -2.21. The normalized spacial score (nSPS) is 12.9. The van der Waals surface area contributed by atoms with E-state index in [1.165, 1.54) is 24.3 Å². The maximum Gasteiger partial charge on any atom is 0.417 e. The Labute approximate surface area is 175 Å². The molecule has 0 aliphatic heterocycles. The van der Waals surface area contributed by atoms with Gasteiger partial charge in [0.15, 0.2) is 0 Å². The second kappa shape index (κ2) is 9.92. The van der Waals surface area contributed by atoms with Crippen molar-refractivity contribution in [3.05, 3.63) is 58.7 Å². The average molecular weight is 446 g/mol. The first-order valence-corrected chi connectivity index (χ1v) is 9.30. The standard InChI is InChI=1S/C21H20F6N2O2/c1-2-3-17(31-16-7-5-14(11-29)19(9-16)21(25,26)27)12-30-15-6-4-13(10-28)18(8-15)20(22,23)24/h4-9,17H,2-3,11-12,29H2,1H3. The summed E-state index contributed by atoms with van der Waals surface area (Å²) < 4.78 is 89.9. The summed E-state index contributed by atoms with van der Waals surface area (Å²) in [5.74, 6) is -0.187. The fraction of sp³-hybridized carbons (Fsp3) is 0.381. The zero-order valence-electron chi connectivity index (χ0n) is 16.5. The molecule has 0 saturated heterocycles. The largest absolute Gasteiger partial charge is 0.490 e. The molecule has 0 heterocycles. The third kappa shape index (κ3) is 6.52. The molecule has 2 rings (SSSR count). The van der Waals surface area contributed by atoms with E-state index in [0.29, 0.717) is 18.9 Å². The first-order valence-electron chi connectivity index (χ1n) is 9.30. The number of nitriles is 1. The van der Waals surface area contributed by atoms with E-state index in [1.807, 2.05) is 6.92 Å². The molecule has 0 aliphatic rings. The molecule has 1 atom stereocenters. The Bertz CT molecular complexity index is 935. The quantitative estimate of drug-likeness (QED) is 0.530. The van der Waals surface area contributed by atoms with Crippen LogP contribution in [0.2, 0.25) is 0 Å². The van der Waals surface area contributed by atoms with Crippen molar-refractivity contribution in [1.82, 2.24) is 0 Å². The highest BCUT2D eigenvalue weighted by atomic mass is 19.4. The molecule has 2 aromatic carbocycles. The van der Waals surface area contributed by atoms with E-state index in [9.17, 15) is 26.3 Å². The summed E-state index contributed by atoms with van der Waals surface area (Å²) >= 11 is 0. The van der Waals surface area contributed by atoms with Gasteiger partial charge in [-0.3, -0.25) is 0 Å². The fourth-order valence-electron chi connectivity index (χ4n) is 2.90. The van der Waals surface area contributed by atoms with Gasteiger partial charge in [0.25, 0.3) is 0 Å². The van der Waals surface area contributed by atoms with Crippen molar-refractivity contribution in [2.24, 2.45) is 5.73 Å². The van der Waals surface area contributed by atoms with E-state index < -0.39 is 35.1 Å². The summed E-state index contributed by atoms with van der Waals surface area (Å²) in [7, 11) is 0. The Morgan fingerprint density at radius 2 is 1.58 bits per heavy atom. The third-order valence-corrected chi connectivity index (χ3v) is 4.37. The fourth-order valence-corrected chi connectivity index (χ4v) is 2.90. The second-order valence-electron chi connectivity index (χ2n) is 6.68. The lowest BCUT2D eigenvalue weighted by molar-refractivity contribution is -0.139. The molecule has 31 heavy (non-hydrogen) atoms. The third-order valence-electron chi connectivity index (χ3n) is 4.37. The molecule has 0 aliphatic carbocycles. The smallest absolute Gasteiger partial charge is 0.417 e. The monoisotopic (exact) mass is 446 g/mol. The van der Waals surface area contributed by atoms with E-state index in [4.69, 9.17) is 20.5 Å². The first kappa shape index (κ1) is 24.3. The molecule has 0 amide bonds. The van der Waals surface area contributed by atoms with Gasteiger partial charge < -0.3 is 15.2 Å². The van der Waals surface area contributed by atoms with Gasteiger partial charge >= 0.3 is 12.4 Å². The SMILES string of the molecule is CCCC(COc1ccc(C#N)c(C(F)(F)F)c1)Oc1ccc(CN)c(C(F)(F)F)c1. The van der Waals surface area contributed by atoms with E-state index in [1.54, 1.807) is 0 Å². The van der Waals surface area contributed by atoms with E-state index in [-0.39, 0.29) is 30.2 Å². The van der Waals surface area contributed by atoms with Crippen molar-refractivity contribution in [3.8, 4) is 17.6 Å². The molecule has 168 valence electrons. The molecule has 0 bridgehead atoms. The molecule has 10 heteroatoms. The Balaban J connectivity index is 2.19. The van der Waals surface area contributed by atoms with Crippen molar-refractivity contribution in [1.29, 1.82) is 5.26 Å². The molecule has 0 radical (unpaired) electrons. The summed E-state index contributed by atoms with van der Waals surface area (Å²) in [5.41, 5.74) is 2.69. The van der Waals surface area contributed by atoms with Crippen LogP contribution in [-0.2, 0) is 18.9 Å². The van der Waals surface area contributed by atoms with Gasteiger partial charge in [-0.1, -0.05) is 19.4 Å². The maximum atomic E-state index is 13.2. The van der Waals surface area contributed by atoms with E-state index in [0.717, 1.165) is 12.1 Å². The van der Waals surface area contributed by atoms with Crippen LogP contribution in [0.15, 0.2) is 36.4 Å². The zero-order valence-corrected chi connectivity index (χ0v) is 16.5. The second-order valence-corrected chi connectivity index (χ2v) is 6.68. The zero-order chi connectivity index (χ0) is 23.2. The summed E-state index contributed by atoms with van der Waals surface area (Å²) in [6.07, 6.45) is -9.06. The number of ether oxygens (including phenoxy) is 2. The summed E-state index contributed by atoms with van der Waals surface area (Å²) in [4.78, 5) is 0. The molecule has 1 unspecified atom stereocenters. The number of nitrogens with zero attached hydrogens (tertiary/aromatic N) is 1. The molecule has 0 aromatic heterocycles. The van der Waals surface area contributed by atoms with Crippen LogP contribution < -0.4 is 15.2 Å². The van der Waals surface area contributed by atoms with Crippen molar-refractivity contribution >= 4 is 0 Å². The number of halogens is 6. The predicted molar refractivity (Wildman–Crippen MR) is 100 cm³/mol. The van der Waals surface area contributed by atoms with Crippen molar-refractivity contribution in [3.63, 3.8) is 0 Å². The Hall–Kier alpha value is -2.93. The maximum absolute atomic E-state index is 13.2. The summed E-state index contributed by atoms with van der Waals surface area (Å²) in [5, 5.41) is 8.84. The average Bonchev–Trinajstić information content (AvgIpc) is 2.70. The minimum absolute atomic E-state index is 0.0533. The van der Waals surface area contributed by atoms with Gasteiger partial charge in [-0.2, -0.15) is 31.6 Å². The molecule has 0 saturated carbocycles. The van der Waals surface area contributed by atoms with Crippen molar-refractivity contribution in [2.45, 2.75) is 44.8 Å². The number of rotatable bonds is 8. The molecule has 0 fully saturated rings. The minimum Gasteiger partial charge on any atom is -0.490 e. The highest BCUT2D eigenvalue weighted by Crippen LogP contribution is 2.36. The van der Waals surface area contributed by atoms with E-state index in [2.05, 4.69) is 0 Å². The number of benzene rings is 2. The van der Waals surface area contributed by atoms with Gasteiger partial charge in [0.1, 0.15) is 24.2 Å². The van der Waals surface area contributed by atoms with Gasteiger partial charge in [-0.25, -0.2) is 0 Å². The lowest BCUT2D eigenvalue weighted by Crippen LogP contribution is -2.25. The van der Waals surface area contributed by atoms with Gasteiger partial charge in [-0.05, 0) is 42.3 Å². The molecular weight excluding hydrogens is 426 g/mol. The van der Waals surface area contributed by atoms with Gasteiger partial charge in [0.05, 0.1) is 22.8 Å². The predicted octanol–water partition coefficient (Wildman–Crippen LogP) is 5.68. The molecule has 4 nitrogen and oxygen atoms in total. The van der Waals surface area contributed by atoms with E-state index >= 15 is 0 Å². The van der Waals surface area contributed by atoms with Gasteiger partial charge in [0, 0.05) is 6.54 Å². The topological polar surface area (TPSA) is 68.3 Å². The Morgan fingerprint density at radius 3 is 2.13 bits per heavy atom. The van der Waals surface area contributed by atoms with Crippen molar-refractivity contribution < 1.29 is 35.8 Å². The lowest BCUT2D eigenvalue weighted by atomic mass is 10.1. The number of hydrogen-bond acceptors (Lipinski definition) is 4. The molecule has 2 aromatic rings. The summed E-state index contributed by atoms with van der Waals surface area (Å²) in [6, 6.07) is 7.81. The van der Waals surface area contributed by atoms with Crippen LogP contribution in [0.5, 0.6) is 11.5 Å². The van der Waals surface area contributed by atoms with Crippen molar-refractivity contribution in [2.75, 3.05) is 6.61 Å². The number of alkyl halides is 6. The highest BCUT2D eigenvalue weighted by molar-refractivity contribution is 5.44. The van der Waals surface area contributed by atoms with Crippen LogP contribution in [0, 0.1) is 11.3 Å². The number of nitrogens with two attached hydrogens (primary N) is 1. The van der Waals surface area contributed by atoms with Crippen LogP contribution in [0.25, 0.3) is 0 Å². The van der Waals surface area contributed by atoms with Gasteiger partial charge in [-0.15, -0.1) is 0 Å².